The SMILES string of the molecule is CN(CI)C(=O)c1ccc(-c2ccc(N)c(C(=O)Nc3cnccc3N3CCC[C@H](N)C3)n2)nc1. The first-order chi connectivity index (χ1) is 16.9. The van der Waals surface area contributed by atoms with Crippen LogP contribution in [-0.4, -0.2) is 62.4 Å². The number of hydrogen-bond donors (Lipinski definition) is 3. The first kappa shape index (κ1) is 24.8. The van der Waals surface area contributed by atoms with Crippen molar-refractivity contribution < 1.29 is 9.59 Å². The van der Waals surface area contributed by atoms with E-state index in [0.717, 1.165) is 25.1 Å². The lowest BCUT2D eigenvalue weighted by Crippen LogP contribution is -2.43. The molecule has 0 saturated carbocycles. The van der Waals surface area contributed by atoms with Gasteiger partial charge in [-0.2, -0.15) is 0 Å². The Morgan fingerprint density at radius 1 is 1.20 bits per heavy atom. The number of aromatic nitrogens is 3. The summed E-state index contributed by atoms with van der Waals surface area (Å²) in [7, 11) is 1.72. The maximum Gasteiger partial charge on any atom is 0.276 e. The minimum Gasteiger partial charge on any atom is -0.397 e. The summed E-state index contributed by atoms with van der Waals surface area (Å²) in [5.74, 6) is -0.568. The maximum atomic E-state index is 13.2. The molecule has 3 aromatic rings. The molecule has 1 aliphatic heterocycles. The molecule has 0 unspecified atom stereocenters. The molecule has 182 valence electrons. The van der Waals surface area contributed by atoms with Crippen LogP contribution < -0.4 is 21.7 Å². The first-order valence-corrected chi connectivity index (χ1v) is 12.7. The minimum atomic E-state index is -0.449. The zero-order chi connectivity index (χ0) is 24.9. The number of piperidine rings is 1. The van der Waals surface area contributed by atoms with E-state index < -0.39 is 5.91 Å². The van der Waals surface area contributed by atoms with E-state index in [9.17, 15) is 9.59 Å². The fourth-order valence-corrected chi connectivity index (χ4v) is 4.22. The number of nitrogens with zero attached hydrogens (tertiary/aromatic N) is 5. The molecule has 4 rings (SSSR count). The van der Waals surface area contributed by atoms with E-state index in [-0.39, 0.29) is 23.3 Å². The molecule has 3 aromatic heterocycles. The number of nitrogens with two attached hydrogens (primary N) is 2. The molecule has 35 heavy (non-hydrogen) atoms. The number of hydrogen-bond acceptors (Lipinski definition) is 8. The average molecular weight is 586 g/mol. The number of halogens is 1. The number of carbonyl (C=O) groups is 2. The van der Waals surface area contributed by atoms with E-state index in [0.29, 0.717) is 33.7 Å². The highest BCUT2D eigenvalue weighted by molar-refractivity contribution is 14.1. The third kappa shape index (κ3) is 5.68. The van der Waals surface area contributed by atoms with Crippen LogP contribution in [0.4, 0.5) is 17.1 Å². The minimum absolute atomic E-state index is 0.0826. The van der Waals surface area contributed by atoms with Crippen LogP contribution in [0.25, 0.3) is 11.4 Å². The number of anilines is 3. The molecular formula is C24H27IN8O2. The van der Waals surface area contributed by atoms with Crippen LogP contribution in [0.2, 0.25) is 0 Å². The second-order valence-corrected chi connectivity index (χ2v) is 9.07. The van der Waals surface area contributed by atoms with Crippen molar-refractivity contribution in [3.05, 3.63) is 60.2 Å². The Morgan fingerprint density at radius 3 is 2.71 bits per heavy atom. The van der Waals surface area contributed by atoms with Gasteiger partial charge >= 0.3 is 0 Å². The van der Waals surface area contributed by atoms with E-state index in [4.69, 9.17) is 11.5 Å². The van der Waals surface area contributed by atoms with Gasteiger partial charge in [-0.1, -0.05) is 22.6 Å². The number of pyridine rings is 3. The van der Waals surface area contributed by atoms with E-state index >= 15 is 0 Å². The number of alkyl halides is 1. The monoisotopic (exact) mass is 586 g/mol. The summed E-state index contributed by atoms with van der Waals surface area (Å²) in [6.07, 6.45) is 6.77. The summed E-state index contributed by atoms with van der Waals surface area (Å²) in [4.78, 5) is 42.2. The molecule has 1 fully saturated rings. The van der Waals surface area contributed by atoms with Crippen LogP contribution in [-0.2, 0) is 0 Å². The standard InChI is InChI=1S/C24H27IN8O2/c1-32(14-25)24(35)15-4-6-18(29-11-15)19-7-5-17(27)22(30-19)23(34)31-20-12-28-9-8-21(20)33-10-2-3-16(26)13-33/h4-9,11-12,16H,2-3,10,13-14,26-27H2,1H3,(H,31,34)/t16-/m0/s1. The largest absolute Gasteiger partial charge is 0.397 e. The van der Waals surface area contributed by atoms with Gasteiger partial charge in [-0.15, -0.1) is 0 Å². The van der Waals surface area contributed by atoms with Crippen LogP contribution in [0.1, 0.15) is 33.7 Å². The predicted molar refractivity (Wildman–Crippen MR) is 144 cm³/mol. The highest BCUT2D eigenvalue weighted by Gasteiger charge is 2.22. The summed E-state index contributed by atoms with van der Waals surface area (Å²) in [6.45, 7) is 1.56. The lowest BCUT2D eigenvalue weighted by molar-refractivity contribution is 0.0823. The van der Waals surface area contributed by atoms with E-state index in [1.54, 1.807) is 48.6 Å². The Morgan fingerprint density at radius 2 is 2.00 bits per heavy atom. The Balaban J connectivity index is 1.56. The van der Waals surface area contributed by atoms with Gasteiger partial charge in [0.05, 0.1) is 44.8 Å². The van der Waals surface area contributed by atoms with Crippen LogP contribution in [0.5, 0.6) is 0 Å². The molecule has 4 heterocycles. The third-order valence-corrected chi connectivity index (χ3v) is 6.81. The zero-order valence-corrected chi connectivity index (χ0v) is 21.5. The third-order valence-electron chi connectivity index (χ3n) is 5.79. The molecule has 0 aromatic carbocycles. The molecule has 0 radical (unpaired) electrons. The Kier molecular flexibility index (Phi) is 7.76. The lowest BCUT2D eigenvalue weighted by atomic mass is 10.1. The second-order valence-electron chi connectivity index (χ2n) is 8.38. The molecule has 1 atom stereocenters. The summed E-state index contributed by atoms with van der Waals surface area (Å²) in [5, 5.41) is 2.90. The molecule has 1 saturated heterocycles. The predicted octanol–water partition coefficient (Wildman–Crippen LogP) is 2.77. The highest BCUT2D eigenvalue weighted by Crippen LogP contribution is 2.28. The molecule has 11 heteroatoms. The number of amides is 2. The summed E-state index contributed by atoms with van der Waals surface area (Å²) in [5.41, 5.74) is 15.5. The topological polar surface area (TPSA) is 143 Å². The van der Waals surface area contributed by atoms with Crippen molar-refractivity contribution in [2.45, 2.75) is 18.9 Å². The fourth-order valence-electron chi connectivity index (χ4n) is 3.91. The highest BCUT2D eigenvalue weighted by atomic mass is 127. The van der Waals surface area contributed by atoms with E-state index in [1.807, 2.05) is 6.07 Å². The maximum absolute atomic E-state index is 13.2. The van der Waals surface area contributed by atoms with Gasteiger partial charge in [0.1, 0.15) is 0 Å². The molecule has 5 N–H and O–H groups in total. The number of nitrogen functional groups attached to an aromatic ring is 1. The van der Waals surface area contributed by atoms with Crippen molar-refractivity contribution in [3.8, 4) is 11.4 Å². The number of rotatable bonds is 6. The summed E-state index contributed by atoms with van der Waals surface area (Å²) < 4.78 is 0.569. The Hall–Kier alpha value is -3.32. The van der Waals surface area contributed by atoms with Gasteiger partial charge in [-0.3, -0.25) is 19.6 Å². The van der Waals surface area contributed by atoms with Gasteiger partial charge in [-0.05, 0) is 43.2 Å². The second kappa shape index (κ2) is 11.0. The summed E-state index contributed by atoms with van der Waals surface area (Å²) in [6, 6.07) is 8.66. The van der Waals surface area contributed by atoms with Crippen molar-refractivity contribution in [2.75, 3.05) is 40.6 Å². The van der Waals surface area contributed by atoms with Crippen LogP contribution >= 0.6 is 22.6 Å². The number of carbonyl (C=O) groups excluding carboxylic acids is 2. The van der Waals surface area contributed by atoms with Gasteiger partial charge in [-0.25, -0.2) is 4.98 Å². The van der Waals surface area contributed by atoms with Gasteiger partial charge in [0.2, 0.25) is 0 Å². The van der Waals surface area contributed by atoms with Crippen molar-refractivity contribution in [2.24, 2.45) is 5.73 Å². The smallest absolute Gasteiger partial charge is 0.276 e. The molecule has 10 nitrogen and oxygen atoms in total. The molecule has 2 amide bonds. The lowest BCUT2D eigenvalue weighted by Gasteiger charge is -2.33. The number of nitrogens with one attached hydrogen (secondary N) is 1. The van der Waals surface area contributed by atoms with Crippen LogP contribution in [0, 0.1) is 0 Å². The van der Waals surface area contributed by atoms with Gasteiger partial charge in [0.15, 0.2) is 5.69 Å². The van der Waals surface area contributed by atoms with E-state index in [1.165, 1.54) is 6.20 Å². The van der Waals surface area contributed by atoms with Gasteiger partial charge < -0.3 is 26.6 Å². The molecule has 1 aliphatic rings. The van der Waals surface area contributed by atoms with Gasteiger partial charge in [0.25, 0.3) is 11.8 Å². The first-order valence-electron chi connectivity index (χ1n) is 11.2. The van der Waals surface area contributed by atoms with Crippen LogP contribution in [0.15, 0.2) is 48.9 Å². The normalized spacial score (nSPS) is 15.5. The molecule has 0 aliphatic carbocycles. The molecule has 0 bridgehead atoms. The average Bonchev–Trinajstić information content (AvgIpc) is 2.88. The molecular weight excluding hydrogens is 559 g/mol. The van der Waals surface area contributed by atoms with Crippen molar-refractivity contribution >= 4 is 51.5 Å². The van der Waals surface area contributed by atoms with Crippen molar-refractivity contribution in [3.63, 3.8) is 0 Å². The van der Waals surface area contributed by atoms with Gasteiger partial charge in [0, 0.05) is 38.6 Å². The Labute approximate surface area is 217 Å². The van der Waals surface area contributed by atoms with Crippen molar-refractivity contribution in [1.29, 1.82) is 0 Å². The fraction of sp³-hybridized carbons (Fsp3) is 0.292. The Bertz CT molecular complexity index is 1220. The van der Waals surface area contributed by atoms with Crippen LogP contribution in [0.3, 0.4) is 0 Å². The van der Waals surface area contributed by atoms with E-state index in [2.05, 4.69) is 47.8 Å². The quantitative estimate of drug-likeness (QED) is 0.227. The summed E-state index contributed by atoms with van der Waals surface area (Å²) >= 11 is 2.12. The van der Waals surface area contributed by atoms with Crippen molar-refractivity contribution in [1.82, 2.24) is 19.9 Å². The molecule has 0 spiro atoms. The zero-order valence-electron chi connectivity index (χ0n) is 19.3.